The molecule has 0 fully saturated rings. The molecule has 0 saturated carbocycles. The molecular weight excluding hydrogens is 269 g/mol. The molecule has 86 valence electrons. The quantitative estimate of drug-likeness (QED) is 0.614. The van der Waals surface area contributed by atoms with E-state index in [2.05, 4.69) is 29.8 Å². The van der Waals surface area contributed by atoms with Crippen molar-refractivity contribution in [2.75, 3.05) is 0 Å². The van der Waals surface area contributed by atoms with Crippen LogP contribution in [0, 0.1) is 6.92 Å². The predicted octanol–water partition coefficient (Wildman–Crippen LogP) is 5.19. The molecule has 4 heteroatoms. The smallest absolute Gasteiger partial charge is 0.166 e. The zero-order chi connectivity index (χ0) is 12.1. The van der Waals surface area contributed by atoms with Crippen molar-refractivity contribution in [1.29, 1.82) is 0 Å². The Balaban J connectivity index is 0.000000583. The van der Waals surface area contributed by atoms with Crippen LogP contribution in [-0.4, -0.2) is 0 Å². The highest BCUT2D eigenvalue weighted by molar-refractivity contribution is 9.10. The molecule has 0 nitrogen and oxygen atoms in total. The molecule has 0 aromatic heterocycles. The second-order valence-corrected chi connectivity index (χ2v) is 4.14. The second kappa shape index (κ2) is 6.16. The van der Waals surface area contributed by atoms with Crippen LogP contribution in [0.5, 0.6) is 0 Å². The van der Waals surface area contributed by atoms with Crippen LogP contribution in [-0.2, 0) is 6.18 Å². The summed E-state index contributed by atoms with van der Waals surface area (Å²) >= 11 is 3.01. The third-order valence-electron chi connectivity index (χ3n) is 1.37. The summed E-state index contributed by atoms with van der Waals surface area (Å²) in [4.78, 5) is 0. The third kappa shape index (κ3) is 5.82. The highest BCUT2D eigenvalue weighted by atomic mass is 79.9. The fourth-order valence-electron chi connectivity index (χ4n) is 0.900. The van der Waals surface area contributed by atoms with E-state index in [4.69, 9.17) is 0 Å². The van der Waals surface area contributed by atoms with Crippen LogP contribution < -0.4 is 0 Å². The van der Waals surface area contributed by atoms with Gasteiger partial charge in [-0.3, -0.25) is 0 Å². The lowest BCUT2D eigenvalue weighted by molar-refractivity contribution is -0.137. The maximum absolute atomic E-state index is 12.1. The number of halogens is 4. The Labute approximate surface area is 96.6 Å². The summed E-state index contributed by atoms with van der Waals surface area (Å²) in [5, 5.41) is 0. The highest BCUT2D eigenvalue weighted by Gasteiger charge is 2.30. The Morgan fingerprint density at radius 1 is 1.13 bits per heavy atom. The Bertz CT molecular complexity index is 285. The first-order chi connectivity index (χ1) is 6.81. The van der Waals surface area contributed by atoms with E-state index >= 15 is 0 Å². The predicted molar refractivity (Wildman–Crippen MR) is 59.8 cm³/mol. The van der Waals surface area contributed by atoms with Crippen LogP contribution in [0.25, 0.3) is 0 Å². The highest BCUT2D eigenvalue weighted by Crippen LogP contribution is 2.31. The fraction of sp³-hybridized carbons (Fsp3) is 0.455. The van der Waals surface area contributed by atoms with E-state index in [1.54, 1.807) is 13.0 Å². The van der Waals surface area contributed by atoms with Gasteiger partial charge in [0, 0.05) is 4.47 Å². The van der Waals surface area contributed by atoms with E-state index in [0.29, 0.717) is 10.0 Å². The van der Waals surface area contributed by atoms with Gasteiger partial charge in [-0.25, -0.2) is 0 Å². The molecule has 15 heavy (non-hydrogen) atoms. The van der Waals surface area contributed by atoms with Crippen LogP contribution in [0.1, 0.15) is 31.4 Å². The van der Waals surface area contributed by atoms with Gasteiger partial charge in [-0.15, -0.1) is 0 Å². The van der Waals surface area contributed by atoms with Crippen molar-refractivity contribution in [3.63, 3.8) is 0 Å². The minimum absolute atomic E-state index is 0.454. The Morgan fingerprint density at radius 2 is 1.60 bits per heavy atom. The number of benzene rings is 1. The first kappa shape index (κ1) is 14.5. The van der Waals surface area contributed by atoms with Crippen LogP contribution in [0.4, 0.5) is 13.2 Å². The lowest BCUT2D eigenvalue weighted by Crippen LogP contribution is -2.04. The normalized spacial score (nSPS) is 10.6. The minimum atomic E-state index is -4.26. The summed E-state index contributed by atoms with van der Waals surface area (Å²) in [6.07, 6.45) is -3.01. The average molecular weight is 283 g/mol. The summed E-state index contributed by atoms with van der Waals surface area (Å²) in [6, 6.07) is 3.81. The van der Waals surface area contributed by atoms with Crippen molar-refractivity contribution in [3.8, 4) is 0 Å². The Kier molecular flexibility index (Phi) is 5.95. The first-order valence-corrected chi connectivity index (χ1v) is 5.45. The van der Waals surface area contributed by atoms with Gasteiger partial charge in [0.25, 0.3) is 0 Å². The molecular formula is C11H14BrF3. The van der Waals surface area contributed by atoms with Crippen molar-refractivity contribution >= 4 is 15.9 Å². The topological polar surface area (TPSA) is 0 Å². The van der Waals surface area contributed by atoms with Crippen molar-refractivity contribution in [2.45, 2.75) is 33.4 Å². The fourth-order valence-corrected chi connectivity index (χ4v) is 1.51. The Hall–Kier alpha value is -0.510. The molecule has 0 aliphatic heterocycles. The van der Waals surface area contributed by atoms with Crippen molar-refractivity contribution in [1.82, 2.24) is 0 Å². The van der Waals surface area contributed by atoms with Crippen molar-refractivity contribution < 1.29 is 13.2 Å². The summed E-state index contributed by atoms with van der Waals surface area (Å²) in [5.74, 6) is 0. The maximum atomic E-state index is 12.1. The zero-order valence-corrected chi connectivity index (χ0v) is 10.5. The summed E-state index contributed by atoms with van der Waals surface area (Å²) < 4.78 is 36.8. The van der Waals surface area contributed by atoms with E-state index in [9.17, 15) is 13.2 Å². The molecule has 0 radical (unpaired) electrons. The van der Waals surface area contributed by atoms with Gasteiger partial charge in [0.05, 0.1) is 5.56 Å². The van der Waals surface area contributed by atoms with E-state index < -0.39 is 11.7 Å². The van der Waals surface area contributed by atoms with Crippen LogP contribution in [0.15, 0.2) is 22.7 Å². The maximum Gasteiger partial charge on any atom is 0.416 e. The zero-order valence-electron chi connectivity index (χ0n) is 8.95. The lowest BCUT2D eigenvalue weighted by atomic mass is 10.1. The molecule has 1 aromatic rings. The van der Waals surface area contributed by atoms with Gasteiger partial charge in [-0.1, -0.05) is 36.2 Å². The molecule has 0 N–H and O–H groups in total. The lowest BCUT2D eigenvalue weighted by Gasteiger charge is -2.07. The summed E-state index contributed by atoms with van der Waals surface area (Å²) in [7, 11) is 0. The van der Waals surface area contributed by atoms with Gasteiger partial charge in [0.1, 0.15) is 0 Å². The average Bonchev–Trinajstić information content (AvgIpc) is 2.01. The summed E-state index contributed by atoms with van der Waals surface area (Å²) in [5.41, 5.74) is -0.0222. The molecule has 0 amide bonds. The largest absolute Gasteiger partial charge is 0.416 e. The second-order valence-electron chi connectivity index (χ2n) is 3.22. The number of aryl methyl sites for hydroxylation is 1. The molecule has 0 atom stereocenters. The number of alkyl halides is 3. The van der Waals surface area contributed by atoms with Crippen LogP contribution in [0.3, 0.4) is 0 Å². The number of hydrogen-bond donors (Lipinski definition) is 0. The molecule has 1 aromatic carbocycles. The van der Waals surface area contributed by atoms with E-state index in [-0.39, 0.29) is 0 Å². The van der Waals surface area contributed by atoms with Gasteiger partial charge in [-0.2, -0.15) is 13.2 Å². The summed E-state index contributed by atoms with van der Waals surface area (Å²) in [6.45, 7) is 5.88. The van der Waals surface area contributed by atoms with Gasteiger partial charge >= 0.3 is 6.18 Å². The molecule has 0 aliphatic rings. The van der Waals surface area contributed by atoms with Crippen molar-refractivity contribution in [2.24, 2.45) is 0 Å². The SMILES string of the molecule is CCC.Cc1cc(Br)cc(C(F)(F)F)c1. The number of hydrogen-bond acceptors (Lipinski definition) is 0. The molecule has 0 bridgehead atoms. The van der Waals surface area contributed by atoms with E-state index in [0.717, 1.165) is 12.1 Å². The van der Waals surface area contributed by atoms with Crippen molar-refractivity contribution in [3.05, 3.63) is 33.8 Å². The molecule has 0 saturated heterocycles. The molecule has 1 rings (SSSR count). The third-order valence-corrected chi connectivity index (χ3v) is 1.83. The van der Waals surface area contributed by atoms with E-state index in [1.165, 1.54) is 6.42 Å². The minimum Gasteiger partial charge on any atom is -0.166 e. The molecule has 0 unspecified atom stereocenters. The monoisotopic (exact) mass is 282 g/mol. The van der Waals surface area contributed by atoms with Gasteiger partial charge < -0.3 is 0 Å². The van der Waals surface area contributed by atoms with Crippen LogP contribution >= 0.6 is 15.9 Å². The number of rotatable bonds is 0. The van der Waals surface area contributed by atoms with Crippen LogP contribution in [0.2, 0.25) is 0 Å². The molecule has 0 spiro atoms. The Morgan fingerprint density at radius 3 is 1.93 bits per heavy atom. The van der Waals surface area contributed by atoms with Gasteiger partial charge in [-0.05, 0) is 30.7 Å². The van der Waals surface area contributed by atoms with Gasteiger partial charge in [0.15, 0.2) is 0 Å². The first-order valence-electron chi connectivity index (χ1n) is 4.65. The standard InChI is InChI=1S/C8H6BrF3.C3H8/c1-5-2-6(8(10,11)12)4-7(9)3-5;1-3-2/h2-4H,1H3;3H2,1-2H3. The van der Waals surface area contributed by atoms with E-state index in [1.807, 2.05) is 0 Å². The molecule has 0 heterocycles. The molecule has 0 aliphatic carbocycles. The van der Waals surface area contributed by atoms with Gasteiger partial charge in [0.2, 0.25) is 0 Å².